The van der Waals surface area contributed by atoms with Crippen molar-refractivity contribution in [2.75, 3.05) is 11.4 Å². The maximum absolute atomic E-state index is 10.5. The fraction of sp³-hybridized carbons (Fsp3) is 0.385. The van der Waals surface area contributed by atoms with E-state index in [4.69, 9.17) is 5.11 Å². The summed E-state index contributed by atoms with van der Waals surface area (Å²) >= 11 is 3.32. The number of thiazole rings is 1. The molecule has 0 saturated heterocycles. The Labute approximate surface area is 120 Å². The summed E-state index contributed by atoms with van der Waals surface area (Å²) in [5.41, 5.74) is 0.868. The van der Waals surface area contributed by atoms with Gasteiger partial charge in [0.05, 0.1) is 18.7 Å². The Morgan fingerprint density at radius 2 is 2.32 bits per heavy atom. The van der Waals surface area contributed by atoms with Crippen molar-refractivity contribution in [3.8, 4) is 0 Å². The molecule has 0 unspecified atom stereocenters. The molecule has 0 atom stereocenters. The van der Waals surface area contributed by atoms with Crippen LogP contribution in [0.5, 0.6) is 0 Å². The summed E-state index contributed by atoms with van der Waals surface area (Å²) in [6, 6.07) is 4.17. The Hall–Kier alpha value is -1.40. The number of carbonyl (C=O) groups is 1. The van der Waals surface area contributed by atoms with Gasteiger partial charge in [0, 0.05) is 23.2 Å². The number of aliphatic carboxylic acids is 1. The largest absolute Gasteiger partial charge is 0.481 e. The van der Waals surface area contributed by atoms with Crippen molar-refractivity contribution in [3.63, 3.8) is 0 Å². The number of carboxylic acid groups (broad SMARTS) is 1. The Balaban J connectivity index is 2.00. The Morgan fingerprint density at radius 3 is 2.95 bits per heavy atom. The fourth-order valence-corrected chi connectivity index (χ4v) is 3.34. The van der Waals surface area contributed by atoms with Crippen LogP contribution in [0.25, 0.3) is 0 Å². The molecule has 0 saturated carbocycles. The van der Waals surface area contributed by atoms with Gasteiger partial charge in [-0.2, -0.15) is 0 Å². The van der Waals surface area contributed by atoms with Crippen molar-refractivity contribution in [1.82, 2.24) is 4.98 Å². The van der Waals surface area contributed by atoms with Gasteiger partial charge in [-0.15, -0.1) is 22.7 Å². The van der Waals surface area contributed by atoms with Crippen LogP contribution >= 0.6 is 22.7 Å². The lowest BCUT2D eigenvalue weighted by Crippen LogP contribution is -2.21. The van der Waals surface area contributed by atoms with Crippen LogP contribution in [0, 0.1) is 0 Å². The van der Waals surface area contributed by atoms with E-state index in [1.807, 2.05) is 11.4 Å². The van der Waals surface area contributed by atoms with Gasteiger partial charge < -0.3 is 10.0 Å². The Kier molecular flexibility index (Phi) is 4.93. The van der Waals surface area contributed by atoms with Gasteiger partial charge in [-0.25, -0.2) is 4.98 Å². The summed E-state index contributed by atoms with van der Waals surface area (Å²) in [6.07, 6.45) is 0.641. The Bertz CT molecular complexity index is 522. The number of aryl methyl sites for hydroxylation is 1. The maximum Gasteiger partial charge on any atom is 0.303 e. The van der Waals surface area contributed by atoms with Crippen LogP contribution in [0.4, 0.5) is 5.13 Å². The molecule has 102 valence electrons. The molecular weight excluding hydrogens is 280 g/mol. The predicted molar refractivity (Wildman–Crippen MR) is 79.1 cm³/mol. The Morgan fingerprint density at radius 1 is 1.47 bits per heavy atom. The average Bonchev–Trinajstić information content (AvgIpc) is 3.04. The molecule has 0 aliphatic carbocycles. The van der Waals surface area contributed by atoms with Crippen molar-refractivity contribution in [3.05, 3.63) is 33.5 Å². The summed E-state index contributed by atoms with van der Waals surface area (Å²) in [5, 5.41) is 13.7. The molecule has 2 aromatic heterocycles. The van der Waals surface area contributed by atoms with Gasteiger partial charge in [0.2, 0.25) is 0 Å². The molecule has 19 heavy (non-hydrogen) atoms. The highest BCUT2D eigenvalue weighted by Gasteiger charge is 2.11. The smallest absolute Gasteiger partial charge is 0.303 e. The lowest BCUT2D eigenvalue weighted by molar-refractivity contribution is -0.136. The minimum absolute atomic E-state index is 0.139. The van der Waals surface area contributed by atoms with Gasteiger partial charge >= 0.3 is 5.97 Å². The summed E-state index contributed by atoms with van der Waals surface area (Å²) in [7, 11) is 0. The molecule has 2 aromatic rings. The van der Waals surface area contributed by atoms with E-state index in [1.54, 1.807) is 22.7 Å². The van der Waals surface area contributed by atoms with Gasteiger partial charge in [0.1, 0.15) is 0 Å². The van der Waals surface area contributed by atoms with E-state index >= 15 is 0 Å². The molecule has 0 aliphatic heterocycles. The number of hydrogen-bond acceptors (Lipinski definition) is 5. The van der Waals surface area contributed by atoms with E-state index in [2.05, 4.69) is 28.3 Å². The molecule has 0 radical (unpaired) electrons. The van der Waals surface area contributed by atoms with Crippen molar-refractivity contribution < 1.29 is 9.90 Å². The monoisotopic (exact) mass is 296 g/mol. The summed E-state index contributed by atoms with van der Waals surface area (Å²) < 4.78 is 0. The molecule has 2 rings (SSSR count). The van der Waals surface area contributed by atoms with Gasteiger partial charge in [-0.3, -0.25) is 4.79 Å². The van der Waals surface area contributed by atoms with Crippen molar-refractivity contribution in [1.29, 1.82) is 0 Å². The number of carboxylic acids is 1. The third-order valence-electron chi connectivity index (χ3n) is 2.71. The molecule has 0 aromatic carbocycles. The van der Waals surface area contributed by atoms with Crippen LogP contribution < -0.4 is 4.90 Å². The van der Waals surface area contributed by atoms with E-state index in [0.717, 1.165) is 23.9 Å². The molecule has 1 N–H and O–H groups in total. The second-order valence-electron chi connectivity index (χ2n) is 4.11. The number of aromatic nitrogens is 1. The normalized spacial score (nSPS) is 10.6. The zero-order valence-electron chi connectivity index (χ0n) is 10.7. The van der Waals surface area contributed by atoms with Gasteiger partial charge in [-0.05, 0) is 18.4 Å². The number of thiophene rings is 1. The maximum atomic E-state index is 10.5. The average molecular weight is 296 g/mol. The molecule has 0 aliphatic rings. The topological polar surface area (TPSA) is 53.4 Å². The first-order chi connectivity index (χ1) is 9.19. The molecule has 0 amide bonds. The summed E-state index contributed by atoms with van der Waals surface area (Å²) in [5.74, 6) is -0.777. The van der Waals surface area contributed by atoms with Crippen LogP contribution in [-0.4, -0.2) is 22.6 Å². The van der Waals surface area contributed by atoms with E-state index in [-0.39, 0.29) is 6.42 Å². The number of nitrogens with zero attached hydrogens (tertiary/aromatic N) is 2. The van der Waals surface area contributed by atoms with Crippen molar-refractivity contribution >= 4 is 33.8 Å². The molecule has 2 heterocycles. The summed E-state index contributed by atoms with van der Waals surface area (Å²) in [4.78, 5) is 18.6. The second-order valence-corrected chi connectivity index (χ2v) is 5.98. The zero-order valence-corrected chi connectivity index (χ0v) is 12.3. The highest BCUT2D eigenvalue weighted by atomic mass is 32.1. The first kappa shape index (κ1) is 14.0. The first-order valence-corrected chi connectivity index (χ1v) is 7.88. The highest BCUT2D eigenvalue weighted by Crippen LogP contribution is 2.24. The van der Waals surface area contributed by atoms with E-state index < -0.39 is 5.97 Å². The van der Waals surface area contributed by atoms with E-state index in [9.17, 15) is 4.79 Å². The molecule has 6 heteroatoms. The molecule has 0 fully saturated rings. The molecule has 0 spiro atoms. The molecular formula is C13H16N2O2S2. The quantitative estimate of drug-likeness (QED) is 0.852. The van der Waals surface area contributed by atoms with Crippen LogP contribution in [0.2, 0.25) is 0 Å². The lowest BCUT2D eigenvalue weighted by Gasteiger charge is -2.18. The number of hydrogen-bond donors (Lipinski definition) is 1. The predicted octanol–water partition coefficient (Wildman–Crippen LogP) is 3.25. The van der Waals surface area contributed by atoms with Gasteiger partial charge in [0.25, 0.3) is 0 Å². The number of anilines is 1. The van der Waals surface area contributed by atoms with Crippen LogP contribution in [0.3, 0.4) is 0 Å². The van der Waals surface area contributed by atoms with Crippen LogP contribution in [0.15, 0.2) is 22.9 Å². The minimum Gasteiger partial charge on any atom is -0.481 e. The van der Waals surface area contributed by atoms with E-state index in [1.165, 1.54) is 4.88 Å². The van der Waals surface area contributed by atoms with Crippen LogP contribution in [0.1, 0.15) is 23.9 Å². The van der Waals surface area contributed by atoms with Crippen molar-refractivity contribution in [2.24, 2.45) is 0 Å². The first-order valence-electron chi connectivity index (χ1n) is 6.12. The fourth-order valence-electron chi connectivity index (χ4n) is 1.70. The number of rotatable bonds is 7. The highest BCUT2D eigenvalue weighted by molar-refractivity contribution is 7.13. The lowest BCUT2D eigenvalue weighted by atomic mass is 10.2. The minimum atomic E-state index is -0.777. The standard InChI is InChI=1S/C13H16N2O2S2/c1-2-15(8-11-4-3-7-18-11)13-14-10(9-19-13)5-6-12(16)17/h3-4,7,9H,2,5-6,8H2,1H3,(H,16,17). The molecule has 0 bridgehead atoms. The SMILES string of the molecule is CCN(Cc1cccs1)c1nc(CCC(=O)O)cs1. The third-order valence-corrected chi connectivity index (χ3v) is 4.53. The second kappa shape index (κ2) is 6.68. The van der Waals surface area contributed by atoms with Gasteiger partial charge in [0.15, 0.2) is 5.13 Å². The van der Waals surface area contributed by atoms with Gasteiger partial charge in [-0.1, -0.05) is 6.07 Å². The molecule has 4 nitrogen and oxygen atoms in total. The van der Waals surface area contributed by atoms with Crippen molar-refractivity contribution in [2.45, 2.75) is 26.3 Å². The van der Waals surface area contributed by atoms with E-state index in [0.29, 0.717) is 6.42 Å². The zero-order chi connectivity index (χ0) is 13.7. The third kappa shape index (κ3) is 4.04. The summed E-state index contributed by atoms with van der Waals surface area (Å²) in [6.45, 7) is 3.86. The van der Waals surface area contributed by atoms with Crippen LogP contribution in [-0.2, 0) is 17.8 Å².